The first-order chi connectivity index (χ1) is 7.47. The highest BCUT2D eigenvalue weighted by Gasteiger charge is 2.14. The van der Waals surface area contributed by atoms with E-state index in [-0.39, 0.29) is 0 Å². The van der Waals surface area contributed by atoms with Gasteiger partial charge in [0.1, 0.15) is 5.60 Å². The molecule has 1 rings (SSSR count). The molecule has 1 aromatic heterocycles. The molecule has 1 N–H and O–H groups in total. The quantitative estimate of drug-likeness (QED) is 0.762. The van der Waals surface area contributed by atoms with Gasteiger partial charge >= 0.3 is 6.09 Å². The van der Waals surface area contributed by atoms with Crippen LogP contribution in [0.1, 0.15) is 25.6 Å². The fraction of sp³-hybridized carbons (Fsp3) is 0.417. The van der Waals surface area contributed by atoms with E-state index < -0.39 is 11.7 Å². The van der Waals surface area contributed by atoms with E-state index >= 15 is 0 Å². The Balaban J connectivity index is 2.28. The van der Waals surface area contributed by atoms with Crippen LogP contribution >= 0.6 is 11.3 Å². The van der Waals surface area contributed by atoms with E-state index in [9.17, 15) is 4.79 Å². The molecule has 1 aromatic rings. The average molecular weight is 237 g/mol. The zero-order valence-corrected chi connectivity index (χ0v) is 10.5. The third-order valence-corrected chi connectivity index (χ3v) is 2.24. The van der Waals surface area contributed by atoms with Crippen molar-refractivity contribution in [1.29, 1.82) is 0 Å². The van der Waals surface area contributed by atoms with Crippen LogP contribution in [0.5, 0.6) is 0 Å². The summed E-state index contributed by atoms with van der Waals surface area (Å²) in [4.78, 5) is 12.2. The van der Waals surface area contributed by atoms with Gasteiger partial charge in [0.15, 0.2) is 0 Å². The smallest absolute Gasteiger partial charge is 0.408 e. The summed E-state index contributed by atoms with van der Waals surface area (Å²) in [5, 5.41) is 4.54. The van der Waals surface area contributed by atoms with Gasteiger partial charge in [0, 0.05) is 0 Å². The molecule has 0 aliphatic rings. The maximum Gasteiger partial charge on any atom is 0.408 e. The van der Waals surface area contributed by atoms with Crippen molar-refractivity contribution in [3.8, 4) is 11.8 Å². The third kappa shape index (κ3) is 5.42. The van der Waals surface area contributed by atoms with E-state index in [1.54, 1.807) is 11.3 Å². The Kier molecular flexibility index (Phi) is 4.39. The number of ether oxygens (including phenoxy) is 1. The molecule has 0 aromatic carbocycles. The first-order valence-corrected chi connectivity index (χ1v) is 5.84. The zero-order chi connectivity index (χ0) is 12.0. The van der Waals surface area contributed by atoms with Crippen molar-refractivity contribution in [2.24, 2.45) is 0 Å². The highest BCUT2D eigenvalue weighted by Crippen LogP contribution is 2.06. The van der Waals surface area contributed by atoms with Crippen molar-refractivity contribution in [2.75, 3.05) is 6.54 Å². The van der Waals surface area contributed by atoms with E-state index in [4.69, 9.17) is 4.74 Å². The molecule has 86 valence electrons. The van der Waals surface area contributed by atoms with Crippen LogP contribution in [0.2, 0.25) is 0 Å². The molecule has 4 heteroatoms. The van der Waals surface area contributed by atoms with Crippen molar-refractivity contribution < 1.29 is 9.53 Å². The van der Waals surface area contributed by atoms with E-state index in [1.807, 2.05) is 38.3 Å². The van der Waals surface area contributed by atoms with E-state index in [1.165, 1.54) is 0 Å². The molecule has 1 amide bonds. The zero-order valence-electron chi connectivity index (χ0n) is 9.66. The lowest BCUT2D eigenvalue weighted by Crippen LogP contribution is -2.32. The second-order valence-corrected chi connectivity index (χ2v) is 5.08. The fourth-order valence-corrected chi connectivity index (χ4v) is 1.50. The number of hydrogen-bond donors (Lipinski definition) is 1. The van der Waals surface area contributed by atoms with Crippen LogP contribution in [0.4, 0.5) is 4.79 Å². The van der Waals surface area contributed by atoms with Gasteiger partial charge in [-0.25, -0.2) is 4.79 Å². The van der Waals surface area contributed by atoms with Crippen LogP contribution in [0.3, 0.4) is 0 Å². The van der Waals surface area contributed by atoms with E-state index in [0.717, 1.165) is 4.88 Å². The summed E-state index contributed by atoms with van der Waals surface area (Å²) in [6.07, 6.45) is -0.437. The van der Waals surface area contributed by atoms with Crippen molar-refractivity contribution in [2.45, 2.75) is 26.4 Å². The van der Waals surface area contributed by atoms with Crippen molar-refractivity contribution in [3.05, 3.63) is 22.4 Å². The highest BCUT2D eigenvalue weighted by molar-refractivity contribution is 7.10. The predicted molar refractivity (Wildman–Crippen MR) is 65.4 cm³/mol. The van der Waals surface area contributed by atoms with Crippen molar-refractivity contribution in [1.82, 2.24) is 5.32 Å². The third-order valence-electron chi connectivity index (χ3n) is 1.45. The standard InChI is InChI=1S/C12H15NO2S/c1-12(2,3)15-11(14)13-8-4-6-10-7-5-9-16-10/h5,7,9H,8H2,1-3H3,(H,13,14). The molecule has 0 unspecified atom stereocenters. The van der Waals surface area contributed by atoms with Crippen LogP contribution in [-0.2, 0) is 4.74 Å². The summed E-state index contributed by atoms with van der Waals surface area (Å²) in [6, 6.07) is 3.88. The summed E-state index contributed by atoms with van der Waals surface area (Å²) >= 11 is 1.57. The molecule has 3 nitrogen and oxygen atoms in total. The monoisotopic (exact) mass is 237 g/mol. The Labute approximate surface area is 99.8 Å². The normalized spacial score (nSPS) is 10.2. The molecule has 0 saturated heterocycles. The fourth-order valence-electron chi connectivity index (χ4n) is 0.912. The number of alkyl carbamates (subject to hydrolysis) is 1. The number of carbonyl (C=O) groups excluding carboxylic acids is 1. The minimum absolute atomic E-state index is 0.298. The van der Waals surface area contributed by atoms with Crippen LogP contribution in [0.15, 0.2) is 17.5 Å². The maximum atomic E-state index is 11.2. The van der Waals surface area contributed by atoms with Gasteiger partial charge in [-0.1, -0.05) is 17.9 Å². The number of carbonyl (C=O) groups is 1. The van der Waals surface area contributed by atoms with Gasteiger partial charge in [0.25, 0.3) is 0 Å². The van der Waals surface area contributed by atoms with Crippen molar-refractivity contribution >= 4 is 17.4 Å². The van der Waals surface area contributed by atoms with E-state index in [0.29, 0.717) is 6.54 Å². The average Bonchev–Trinajstić information content (AvgIpc) is 2.62. The first-order valence-electron chi connectivity index (χ1n) is 4.96. The molecular formula is C12H15NO2S. The van der Waals surface area contributed by atoms with Gasteiger partial charge in [0.2, 0.25) is 0 Å². The number of hydrogen-bond acceptors (Lipinski definition) is 3. The largest absolute Gasteiger partial charge is 0.444 e. The van der Waals surface area contributed by atoms with Crippen LogP contribution in [-0.4, -0.2) is 18.2 Å². The number of amides is 1. The lowest BCUT2D eigenvalue weighted by atomic mass is 10.2. The molecule has 0 bridgehead atoms. The second kappa shape index (κ2) is 5.57. The number of nitrogens with one attached hydrogen (secondary N) is 1. The topological polar surface area (TPSA) is 38.3 Å². The molecule has 1 heterocycles. The Morgan fingerprint density at radius 1 is 1.56 bits per heavy atom. The predicted octanol–water partition coefficient (Wildman–Crippen LogP) is 2.62. The molecule has 0 fully saturated rings. The molecule has 0 saturated carbocycles. The van der Waals surface area contributed by atoms with Crippen LogP contribution < -0.4 is 5.32 Å². The van der Waals surface area contributed by atoms with Crippen LogP contribution in [0.25, 0.3) is 0 Å². The first kappa shape index (κ1) is 12.6. The molecular weight excluding hydrogens is 222 g/mol. The number of thiophene rings is 1. The minimum Gasteiger partial charge on any atom is -0.444 e. The van der Waals surface area contributed by atoms with Crippen LogP contribution in [0, 0.1) is 11.8 Å². The Bertz CT molecular complexity index is 393. The molecule has 0 atom stereocenters. The number of rotatable bonds is 1. The summed E-state index contributed by atoms with van der Waals surface area (Å²) in [5.41, 5.74) is -0.467. The summed E-state index contributed by atoms with van der Waals surface area (Å²) in [6.45, 7) is 5.77. The Morgan fingerprint density at radius 2 is 2.31 bits per heavy atom. The van der Waals surface area contributed by atoms with Gasteiger partial charge in [-0.05, 0) is 32.2 Å². The van der Waals surface area contributed by atoms with Gasteiger partial charge < -0.3 is 10.1 Å². The van der Waals surface area contributed by atoms with Gasteiger partial charge in [0.05, 0.1) is 11.4 Å². The van der Waals surface area contributed by atoms with E-state index in [2.05, 4.69) is 17.2 Å². The molecule has 0 spiro atoms. The maximum absolute atomic E-state index is 11.2. The lowest BCUT2D eigenvalue weighted by molar-refractivity contribution is 0.0535. The highest BCUT2D eigenvalue weighted by atomic mass is 32.1. The summed E-state index contributed by atoms with van der Waals surface area (Å²) in [7, 11) is 0. The molecule has 16 heavy (non-hydrogen) atoms. The summed E-state index contributed by atoms with van der Waals surface area (Å²) < 4.78 is 5.06. The lowest BCUT2D eigenvalue weighted by Gasteiger charge is -2.18. The van der Waals surface area contributed by atoms with Crippen molar-refractivity contribution in [3.63, 3.8) is 0 Å². The molecule has 0 aliphatic carbocycles. The Hall–Kier alpha value is -1.47. The van der Waals surface area contributed by atoms with Gasteiger partial charge in [-0.15, -0.1) is 11.3 Å². The summed E-state index contributed by atoms with van der Waals surface area (Å²) in [5.74, 6) is 5.79. The van der Waals surface area contributed by atoms with Gasteiger partial charge in [-0.3, -0.25) is 0 Å². The SMILES string of the molecule is CC(C)(C)OC(=O)NCC#Cc1cccs1. The molecule has 0 aliphatic heterocycles. The van der Waals surface area contributed by atoms with Gasteiger partial charge in [-0.2, -0.15) is 0 Å². The molecule has 0 radical (unpaired) electrons. The minimum atomic E-state index is -0.467. The Morgan fingerprint density at radius 3 is 2.88 bits per heavy atom. The second-order valence-electron chi connectivity index (χ2n) is 4.13.